The van der Waals surface area contributed by atoms with E-state index in [2.05, 4.69) is 27.8 Å². The molecule has 0 aliphatic heterocycles. The lowest BCUT2D eigenvalue weighted by atomic mass is 10.3. The molecule has 2 aromatic rings. The first-order valence-corrected chi connectivity index (χ1v) is 6.26. The molecule has 6 nitrogen and oxygen atoms in total. The van der Waals surface area contributed by atoms with Gasteiger partial charge in [-0.25, -0.2) is 0 Å². The first kappa shape index (κ1) is 13.4. The summed E-state index contributed by atoms with van der Waals surface area (Å²) in [5.41, 5.74) is 0.844. The fourth-order valence-corrected chi connectivity index (χ4v) is 1.57. The number of hydrogen-bond donors (Lipinski definition) is 2. The van der Waals surface area contributed by atoms with Gasteiger partial charge in [0.1, 0.15) is 5.75 Å². The quantitative estimate of drug-likeness (QED) is 0.746. The van der Waals surface area contributed by atoms with Gasteiger partial charge in [0, 0.05) is 11.8 Å². The predicted molar refractivity (Wildman–Crippen MR) is 72.6 cm³/mol. The van der Waals surface area contributed by atoms with E-state index < -0.39 is 0 Å². The Morgan fingerprint density at radius 3 is 3.00 bits per heavy atom. The summed E-state index contributed by atoms with van der Waals surface area (Å²) in [6, 6.07) is 7.91. The Bertz CT molecular complexity index is 513. The second-order valence-electron chi connectivity index (χ2n) is 4.03. The third-order valence-corrected chi connectivity index (χ3v) is 2.49. The lowest BCUT2D eigenvalue weighted by Gasteiger charge is -2.03. The van der Waals surface area contributed by atoms with Crippen LogP contribution in [0.25, 0.3) is 0 Å². The lowest BCUT2D eigenvalue weighted by molar-refractivity contribution is 0.415. The number of anilines is 2. The molecule has 0 saturated carbocycles. The zero-order valence-corrected chi connectivity index (χ0v) is 11.1. The van der Waals surface area contributed by atoms with Crippen molar-refractivity contribution in [1.29, 1.82) is 0 Å². The fraction of sp³-hybridized carbons (Fsp3) is 0.385. The van der Waals surface area contributed by atoms with Crippen LogP contribution >= 0.6 is 0 Å². The van der Waals surface area contributed by atoms with Crippen molar-refractivity contribution in [3.63, 3.8) is 0 Å². The van der Waals surface area contributed by atoms with Crippen LogP contribution in [0.1, 0.15) is 19.2 Å². The molecule has 0 unspecified atom stereocenters. The Morgan fingerprint density at radius 2 is 2.21 bits per heavy atom. The number of methoxy groups -OCH3 is 1. The van der Waals surface area contributed by atoms with Gasteiger partial charge in [-0.05, 0) is 25.1 Å². The maximum Gasteiger partial charge on any atom is 0.320 e. The Balaban J connectivity index is 1.95. The van der Waals surface area contributed by atoms with Crippen LogP contribution in [0, 0.1) is 0 Å². The van der Waals surface area contributed by atoms with Gasteiger partial charge in [0.15, 0.2) is 0 Å². The Kier molecular flexibility index (Phi) is 4.74. The number of hydrogen-bond acceptors (Lipinski definition) is 6. The normalized spacial score (nSPS) is 10.4. The molecule has 1 aromatic carbocycles. The highest BCUT2D eigenvalue weighted by atomic mass is 16.5. The standard InChI is InChI=1S/C13H18N4O2/c1-3-7-14-9-12-16-17-13(19-12)15-10-5-4-6-11(8-10)18-2/h4-6,8,14H,3,7,9H2,1-2H3,(H,15,17). The van der Waals surface area contributed by atoms with Crippen LogP contribution in [0.5, 0.6) is 5.75 Å². The monoisotopic (exact) mass is 262 g/mol. The van der Waals surface area contributed by atoms with Crippen LogP contribution in [0.3, 0.4) is 0 Å². The average Bonchev–Trinajstić information content (AvgIpc) is 2.87. The summed E-state index contributed by atoms with van der Waals surface area (Å²) in [5.74, 6) is 1.34. The van der Waals surface area contributed by atoms with E-state index in [1.54, 1.807) is 7.11 Å². The largest absolute Gasteiger partial charge is 0.497 e. The number of benzene rings is 1. The summed E-state index contributed by atoms with van der Waals surface area (Å²) in [6.45, 7) is 3.62. The number of rotatable bonds is 7. The minimum absolute atomic E-state index is 0.376. The summed E-state index contributed by atoms with van der Waals surface area (Å²) >= 11 is 0. The molecular weight excluding hydrogens is 244 g/mol. The molecule has 2 rings (SSSR count). The predicted octanol–water partition coefficient (Wildman–Crippen LogP) is 2.32. The summed E-state index contributed by atoms with van der Waals surface area (Å²) in [4.78, 5) is 0. The van der Waals surface area contributed by atoms with Crippen molar-refractivity contribution < 1.29 is 9.15 Å². The van der Waals surface area contributed by atoms with Crippen molar-refractivity contribution >= 4 is 11.7 Å². The molecule has 6 heteroatoms. The molecule has 0 spiro atoms. The molecule has 2 N–H and O–H groups in total. The second-order valence-corrected chi connectivity index (χ2v) is 4.03. The van der Waals surface area contributed by atoms with Gasteiger partial charge in [0.2, 0.25) is 5.89 Å². The van der Waals surface area contributed by atoms with Crippen molar-refractivity contribution in [2.45, 2.75) is 19.9 Å². The SMILES string of the molecule is CCCNCc1nnc(Nc2cccc(OC)c2)o1. The number of ether oxygens (including phenoxy) is 1. The van der Waals surface area contributed by atoms with Gasteiger partial charge in [0.05, 0.1) is 13.7 Å². The van der Waals surface area contributed by atoms with E-state index in [-0.39, 0.29) is 0 Å². The van der Waals surface area contributed by atoms with E-state index in [1.807, 2.05) is 24.3 Å². The van der Waals surface area contributed by atoms with E-state index in [1.165, 1.54) is 0 Å². The van der Waals surface area contributed by atoms with E-state index in [9.17, 15) is 0 Å². The third-order valence-electron chi connectivity index (χ3n) is 2.49. The fourth-order valence-electron chi connectivity index (χ4n) is 1.57. The summed E-state index contributed by atoms with van der Waals surface area (Å²) in [7, 11) is 1.63. The summed E-state index contributed by atoms with van der Waals surface area (Å²) in [5, 5.41) is 14.1. The van der Waals surface area contributed by atoms with Crippen LogP contribution in [-0.4, -0.2) is 23.9 Å². The third kappa shape index (κ3) is 3.96. The Labute approximate surface area is 112 Å². The smallest absolute Gasteiger partial charge is 0.320 e. The molecule has 0 aliphatic rings. The highest BCUT2D eigenvalue weighted by Crippen LogP contribution is 2.20. The van der Waals surface area contributed by atoms with Crippen LogP contribution in [-0.2, 0) is 6.54 Å². The first-order valence-electron chi connectivity index (χ1n) is 6.26. The molecule has 1 aromatic heterocycles. The summed E-state index contributed by atoms with van der Waals surface area (Å²) < 4.78 is 10.6. The molecule has 0 atom stereocenters. The zero-order valence-electron chi connectivity index (χ0n) is 11.1. The maximum absolute atomic E-state index is 5.47. The van der Waals surface area contributed by atoms with E-state index in [0.29, 0.717) is 18.5 Å². The Hall–Kier alpha value is -2.08. The molecule has 0 aliphatic carbocycles. The van der Waals surface area contributed by atoms with Gasteiger partial charge < -0.3 is 19.8 Å². The average molecular weight is 262 g/mol. The van der Waals surface area contributed by atoms with Gasteiger partial charge in [0.25, 0.3) is 0 Å². The van der Waals surface area contributed by atoms with Crippen LogP contribution < -0.4 is 15.4 Å². The molecule has 1 heterocycles. The molecule has 0 fully saturated rings. The van der Waals surface area contributed by atoms with Gasteiger partial charge in [-0.3, -0.25) is 0 Å². The first-order chi connectivity index (χ1) is 9.31. The van der Waals surface area contributed by atoms with E-state index >= 15 is 0 Å². The van der Waals surface area contributed by atoms with Gasteiger partial charge in [-0.1, -0.05) is 18.1 Å². The van der Waals surface area contributed by atoms with Gasteiger partial charge in [-0.15, -0.1) is 5.10 Å². The van der Waals surface area contributed by atoms with Gasteiger partial charge in [-0.2, -0.15) is 0 Å². The van der Waals surface area contributed by atoms with E-state index in [0.717, 1.165) is 24.4 Å². The van der Waals surface area contributed by atoms with E-state index in [4.69, 9.17) is 9.15 Å². The topological polar surface area (TPSA) is 72.2 Å². The lowest BCUT2D eigenvalue weighted by Crippen LogP contribution is -2.13. The van der Waals surface area contributed by atoms with Crippen molar-refractivity contribution in [3.05, 3.63) is 30.2 Å². The number of nitrogens with zero attached hydrogens (tertiary/aromatic N) is 2. The molecule has 102 valence electrons. The van der Waals surface area contributed by atoms with Gasteiger partial charge >= 0.3 is 6.01 Å². The number of nitrogens with one attached hydrogen (secondary N) is 2. The molecule has 19 heavy (non-hydrogen) atoms. The minimum Gasteiger partial charge on any atom is -0.497 e. The van der Waals surface area contributed by atoms with Crippen molar-refractivity contribution in [2.75, 3.05) is 19.0 Å². The highest BCUT2D eigenvalue weighted by molar-refractivity contribution is 5.54. The highest BCUT2D eigenvalue weighted by Gasteiger charge is 2.06. The zero-order chi connectivity index (χ0) is 13.5. The van der Waals surface area contributed by atoms with Crippen LogP contribution in [0.4, 0.5) is 11.7 Å². The van der Waals surface area contributed by atoms with Crippen LogP contribution in [0.15, 0.2) is 28.7 Å². The van der Waals surface area contributed by atoms with Crippen molar-refractivity contribution in [1.82, 2.24) is 15.5 Å². The molecule has 0 saturated heterocycles. The minimum atomic E-state index is 0.376. The number of aromatic nitrogens is 2. The molecule has 0 radical (unpaired) electrons. The second kappa shape index (κ2) is 6.75. The van der Waals surface area contributed by atoms with Crippen molar-refractivity contribution in [3.8, 4) is 5.75 Å². The maximum atomic E-state index is 5.47. The Morgan fingerprint density at radius 1 is 1.32 bits per heavy atom. The molecule has 0 bridgehead atoms. The van der Waals surface area contributed by atoms with Crippen molar-refractivity contribution in [2.24, 2.45) is 0 Å². The molecule has 0 amide bonds. The summed E-state index contributed by atoms with van der Waals surface area (Å²) in [6.07, 6.45) is 1.07. The van der Waals surface area contributed by atoms with Crippen LogP contribution in [0.2, 0.25) is 0 Å². The molecular formula is C13H18N4O2.